The summed E-state index contributed by atoms with van der Waals surface area (Å²) >= 11 is 0. The molecule has 0 amide bonds. The molecular formula is C36H25N3. The molecule has 5 aromatic carbocycles. The van der Waals surface area contributed by atoms with Crippen molar-refractivity contribution < 1.29 is 0 Å². The highest BCUT2D eigenvalue weighted by Gasteiger charge is 2.47. The molecule has 0 bridgehead atoms. The second kappa shape index (κ2) is 8.31. The zero-order chi connectivity index (χ0) is 26.0. The third-order valence-corrected chi connectivity index (χ3v) is 8.38. The third kappa shape index (κ3) is 3.01. The highest BCUT2D eigenvalue weighted by atomic mass is 14.9. The maximum atomic E-state index is 5.55. The van der Waals surface area contributed by atoms with Crippen molar-refractivity contribution in [1.29, 1.82) is 0 Å². The first kappa shape index (κ1) is 22.1. The molecule has 1 atom stereocenters. The Morgan fingerprint density at radius 2 is 1.08 bits per heavy atom. The third-order valence-electron chi connectivity index (χ3n) is 8.38. The number of fused-ring (bicyclic) bond motifs is 9. The number of nitrogens with zero attached hydrogens (tertiary/aromatic N) is 3. The SMILES string of the molecule is CCC1(c2ccccc2)c2nc(-c3ccccc3)ccc2-c2nc3c4ccccc4c4ccccc4c3nc21. The molecule has 2 heterocycles. The number of pyridine rings is 1. The molecule has 1 aliphatic rings. The average Bonchev–Trinajstić information content (AvgIpc) is 3.30. The van der Waals surface area contributed by atoms with Crippen LogP contribution in [-0.2, 0) is 5.41 Å². The van der Waals surface area contributed by atoms with Crippen LogP contribution in [0.15, 0.2) is 121 Å². The van der Waals surface area contributed by atoms with Crippen molar-refractivity contribution in [1.82, 2.24) is 15.0 Å². The van der Waals surface area contributed by atoms with Crippen molar-refractivity contribution in [3.8, 4) is 22.5 Å². The van der Waals surface area contributed by atoms with E-state index in [9.17, 15) is 0 Å². The number of hydrogen-bond donors (Lipinski definition) is 0. The Balaban J connectivity index is 1.53. The largest absolute Gasteiger partial charge is 0.251 e. The fraction of sp³-hybridized carbons (Fsp3) is 0.0833. The fourth-order valence-corrected chi connectivity index (χ4v) is 6.54. The fourth-order valence-electron chi connectivity index (χ4n) is 6.54. The summed E-state index contributed by atoms with van der Waals surface area (Å²) in [7, 11) is 0. The molecule has 3 heteroatoms. The van der Waals surface area contributed by atoms with Crippen LogP contribution in [0.2, 0.25) is 0 Å². The first-order valence-corrected chi connectivity index (χ1v) is 13.5. The summed E-state index contributed by atoms with van der Waals surface area (Å²) in [5.41, 5.74) is 8.72. The van der Waals surface area contributed by atoms with Crippen LogP contribution in [-0.4, -0.2) is 15.0 Å². The minimum atomic E-state index is -0.495. The second-order valence-electron chi connectivity index (χ2n) is 10.3. The molecule has 1 unspecified atom stereocenters. The molecule has 0 aliphatic heterocycles. The smallest absolute Gasteiger partial charge is 0.0979 e. The van der Waals surface area contributed by atoms with Crippen molar-refractivity contribution in [2.24, 2.45) is 0 Å². The molecular weight excluding hydrogens is 474 g/mol. The lowest BCUT2D eigenvalue weighted by Gasteiger charge is -2.29. The van der Waals surface area contributed by atoms with Gasteiger partial charge in [-0.15, -0.1) is 0 Å². The van der Waals surface area contributed by atoms with Crippen molar-refractivity contribution in [2.75, 3.05) is 0 Å². The van der Waals surface area contributed by atoms with Crippen molar-refractivity contribution in [2.45, 2.75) is 18.8 Å². The van der Waals surface area contributed by atoms with Gasteiger partial charge in [-0.05, 0) is 34.9 Å². The van der Waals surface area contributed by atoms with Crippen molar-refractivity contribution in [3.63, 3.8) is 0 Å². The molecule has 1 aliphatic carbocycles. The van der Waals surface area contributed by atoms with E-state index in [0.717, 1.165) is 62.1 Å². The van der Waals surface area contributed by atoms with Crippen LogP contribution in [0.25, 0.3) is 55.1 Å². The number of hydrogen-bond acceptors (Lipinski definition) is 3. The van der Waals surface area contributed by atoms with E-state index in [4.69, 9.17) is 15.0 Å². The van der Waals surface area contributed by atoms with E-state index in [1.807, 2.05) is 6.07 Å². The van der Waals surface area contributed by atoms with E-state index in [-0.39, 0.29) is 0 Å². The van der Waals surface area contributed by atoms with Gasteiger partial charge in [0.15, 0.2) is 0 Å². The van der Waals surface area contributed by atoms with Gasteiger partial charge in [0, 0.05) is 21.9 Å². The summed E-state index contributed by atoms with van der Waals surface area (Å²) in [6.07, 6.45) is 0.827. The molecule has 39 heavy (non-hydrogen) atoms. The quantitative estimate of drug-likeness (QED) is 0.228. The summed E-state index contributed by atoms with van der Waals surface area (Å²) < 4.78 is 0. The maximum Gasteiger partial charge on any atom is 0.0979 e. The van der Waals surface area contributed by atoms with E-state index >= 15 is 0 Å². The molecule has 0 radical (unpaired) electrons. The minimum Gasteiger partial charge on any atom is -0.251 e. The summed E-state index contributed by atoms with van der Waals surface area (Å²) in [5.74, 6) is 0. The van der Waals surface area contributed by atoms with Crippen LogP contribution < -0.4 is 0 Å². The van der Waals surface area contributed by atoms with Crippen LogP contribution in [0.3, 0.4) is 0 Å². The highest BCUT2D eigenvalue weighted by molar-refractivity contribution is 6.23. The normalized spacial score (nSPS) is 16.0. The Bertz CT molecular complexity index is 2050. The minimum absolute atomic E-state index is 0.495. The van der Waals surface area contributed by atoms with Gasteiger partial charge in [-0.25, -0.2) is 9.97 Å². The topological polar surface area (TPSA) is 38.7 Å². The molecule has 0 N–H and O–H groups in total. The van der Waals surface area contributed by atoms with Gasteiger partial charge < -0.3 is 0 Å². The van der Waals surface area contributed by atoms with Crippen LogP contribution >= 0.6 is 0 Å². The van der Waals surface area contributed by atoms with Crippen LogP contribution in [0.1, 0.15) is 30.3 Å². The number of rotatable bonds is 3. The standard InChI is InChI=1S/C36H25N3/c1-2-36(24-15-7-4-8-16-24)34-29(21-22-30(37-34)23-13-5-3-6-14-23)33-35(36)39-32-28-20-12-10-18-26(28)25-17-9-11-19-27(25)31(32)38-33/h3-22H,2H2,1H3. The Hall–Kier alpha value is -4.89. The molecule has 184 valence electrons. The summed E-state index contributed by atoms with van der Waals surface area (Å²) in [6, 6.07) is 42.6. The Labute approximate surface area is 226 Å². The molecule has 3 nitrogen and oxygen atoms in total. The molecule has 0 saturated carbocycles. The zero-order valence-electron chi connectivity index (χ0n) is 21.6. The summed E-state index contributed by atoms with van der Waals surface area (Å²) in [4.78, 5) is 16.4. The van der Waals surface area contributed by atoms with E-state index in [2.05, 4.69) is 122 Å². The van der Waals surface area contributed by atoms with Gasteiger partial charge >= 0.3 is 0 Å². The van der Waals surface area contributed by atoms with Gasteiger partial charge in [0.2, 0.25) is 0 Å². The molecule has 0 saturated heterocycles. The first-order valence-electron chi connectivity index (χ1n) is 13.5. The lowest BCUT2D eigenvalue weighted by molar-refractivity contribution is 0.576. The predicted molar refractivity (Wildman–Crippen MR) is 160 cm³/mol. The monoisotopic (exact) mass is 499 g/mol. The maximum absolute atomic E-state index is 5.55. The second-order valence-corrected chi connectivity index (χ2v) is 10.3. The van der Waals surface area contributed by atoms with Gasteiger partial charge in [-0.2, -0.15) is 0 Å². The van der Waals surface area contributed by atoms with E-state index in [1.165, 1.54) is 16.3 Å². The van der Waals surface area contributed by atoms with Crippen LogP contribution in [0.4, 0.5) is 0 Å². The van der Waals surface area contributed by atoms with Gasteiger partial charge in [-0.1, -0.05) is 116 Å². The summed E-state index contributed by atoms with van der Waals surface area (Å²) in [6.45, 7) is 2.24. The number of aromatic nitrogens is 3. The van der Waals surface area contributed by atoms with Gasteiger partial charge in [0.05, 0.1) is 39.2 Å². The summed E-state index contributed by atoms with van der Waals surface area (Å²) in [5, 5.41) is 4.67. The lowest BCUT2D eigenvalue weighted by Crippen LogP contribution is -2.28. The Morgan fingerprint density at radius 3 is 1.72 bits per heavy atom. The van der Waals surface area contributed by atoms with Gasteiger partial charge in [0.25, 0.3) is 0 Å². The van der Waals surface area contributed by atoms with Gasteiger partial charge in [0.1, 0.15) is 0 Å². The van der Waals surface area contributed by atoms with Crippen LogP contribution in [0, 0.1) is 0 Å². The molecule has 7 aromatic rings. The van der Waals surface area contributed by atoms with Crippen LogP contribution in [0.5, 0.6) is 0 Å². The van der Waals surface area contributed by atoms with E-state index in [0.29, 0.717) is 0 Å². The Kier molecular flexibility index (Phi) is 4.71. The lowest BCUT2D eigenvalue weighted by atomic mass is 9.75. The van der Waals surface area contributed by atoms with E-state index in [1.54, 1.807) is 0 Å². The van der Waals surface area contributed by atoms with Crippen molar-refractivity contribution in [3.05, 3.63) is 138 Å². The highest BCUT2D eigenvalue weighted by Crippen LogP contribution is 2.53. The first-order chi connectivity index (χ1) is 19.3. The zero-order valence-corrected chi connectivity index (χ0v) is 21.6. The molecule has 0 fully saturated rings. The van der Waals surface area contributed by atoms with Crippen molar-refractivity contribution >= 4 is 32.6 Å². The average molecular weight is 500 g/mol. The van der Waals surface area contributed by atoms with Gasteiger partial charge in [-0.3, -0.25) is 4.98 Å². The molecule has 2 aromatic heterocycles. The Morgan fingerprint density at radius 1 is 0.513 bits per heavy atom. The number of benzene rings is 5. The molecule has 8 rings (SSSR count). The molecule has 0 spiro atoms. The predicted octanol–water partition coefficient (Wildman–Crippen LogP) is 8.72. The van der Waals surface area contributed by atoms with E-state index < -0.39 is 5.41 Å².